The summed E-state index contributed by atoms with van der Waals surface area (Å²) in [6.45, 7) is 0. The Morgan fingerprint density at radius 1 is 1.24 bits per heavy atom. The van der Waals surface area contributed by atoms with Crippen molar-refractivity contribution >= 4 is 27.6 Å². The van der Waals surface area contributed by atoms with Crippen LogP contribution in [-0.4, -0.2) is 13.1 Å². The van der Waals surface area contributed by atoms with Crippen LogP contribution in [0.5, 0.6) is 0 Å². The highest BCUT2D eigenvalue weighted by Gasteiger charge is 2.13. The number of rotatable bonds is 4. The van der Waals surface area contributed by atoms with Crippen molar-refractivity contribution in [2.45, 2.75) is 6.04 Å². The minimum atomic E-state index is -0.504. The van der Waals surface area contributed by atoms with Crippen molar-refractivity contribution in [1.29, 1.82) is 5.26 Å². The average Bonchev–Trinajstić information content (AvgIpc) is 2.53. The van der Waals surface area contributed by atoms with Gasteiger partial charge in [-0.05, 0) is 45.8 Å². The smallest absolute Gasteiger partial charge is 0.337 e. The van der Waals surface area contributed by atoms with Gasteiger partial charge in [-0.15, -0.1) is 0 Å². The molecule has 2 rings (SSSR count). The number of methoxy groups -OCH3 is 1. The standard InChI is InChI=1S/C16H13BrN2O2/c1-21-16(20)12-8-6-11(7-9-12)15(10-18)19-14-5-3-2-4-13(14)17/h2-9,15,19H,1H3. The van der Waals surface area contributed by atoms with E-state index in [1.165, 1.54) is 7.11 Å². The van der Waals surface area contributed by atoms with Crippen molar-refractivity contribution in [2.24, 2.45) is 0 Å². The molecule has 21 heavy (non-hydrogen) atoms. The summed E-state index contributed by atoms with van der Waals surface area (Å²) in [5.74, 6) is -0.395. The van der Waals surface area contributed by atoms with Crippen LogP contribution < -0.4 is 5.32 Å². The molecule has 1 unspecified atom stereocenters. The van der Waals surface area contributed by atoms with Gasteiger partial charge in [-0.1, -0.05) is 24.3 Å². The Bertz CT molecular complexity index is 677. The number of nitrogens with zero attached hydrogens (tertiary/aromatic N) is 1. The number of nitrogens with one attached hydrogen (secondary N) is 1. The van der Waals surface area contributed by atoms with E-state index < -0.39 is 12.0 Å². The van der Waals surface area contributed by atoms with Gasteiger partial charge < -0.3 is 10.1 Å². The Labute approximate surface area is 131 Å². The van der Waals surface area contributed by atoms with E-state index in [2.05, 4.69) is 32.1 Å². The first-order valence-electron chi connectivity index (χ1n) is 6.24. The van der Waals surface area contributed by atoms with Gasteiger partial charge in [0.15, 0.2) is 0 Å². The molecule has 0 bridgehead atoms. The molecule has 1 N–H and O–H groups in total. The number of anilines is 1. The minimum Gasteiger partial charge on any atom is -0.465 e. The predicted octanol–water partition coefficient (Wildman–Crippen LogP) is 3.91. The van der Waals surface area contributed by atoms with Gasteiger partial charge in [0.1, 0.15) is 6.04 Å². The highest BCUT2D eigenvalue weighted by molar-refractivity contribution is 9.10. The molecule has 0 saturated carbocycles. The lowest BCUT2D eigenvalue weighted by Gasteiger charge is -2.14. The summed E-state index contributed by atoms with van der Waals surface area (Å²) in [5, 5.41) is 12.5. The lowest BCUT2D eigenvalue weighted by atomic mass is 10.1. The van der Waals surface area contributed by atoms with Crippen molar-refractivity contribution in [3.63, 3.8) is 0 Å². The Balaban J connectivity index is 2.20. The van der Waals surface area contributed by atoms with Crippen LogP contribution in [0.1, 0.15) is 22.0 Å². The van der Waals surface area contributed by atoms with Crippen molar-refractivity contribution in [3.8, 4) is 6.07 Å². The number of halogens is 1. The van der Waals surface area contributed by atoms with E-state index in [1.54, 1.807) is 24.3 Å². The predicted molar refractivity (Wildman–Crippen MR) is 83.9 cm³/mol. The summed E-state index contributed by atoms with van der Waals surface area (Å²) < 4.78 is 5.53. The first-order valence-corrected chi connectivity index (χ1v) is 7.04. The molecule has 2 aromatic carbocycles. The first kappa shape index (κ1) is 15.1. The molecule has 0 aliphatic rings. The number of carbonyl (C=O) groups is 1. The van der Waals surface area contributed by atoms with E-state index in [4.69, 9.17) is 0 Å². The van der Waals surface area contributed by atoms with Crippen LogP contribution >= 0.6 is 15.9 Å². The topological polar surface area (TPSA) is 62.1 Å². The number of para-hydroxylation sites is 1. The summed E-state index contributed by atoms with van der Waals surface area (Å²) in [5.41, 5.74) is 2.07. The number of carbonyl (C=O) groups excluding carboxylic acids is 1. The molecule has 0 aliphatic carbocycles. The van der Waals surface area contributed by atoms with Crippen LogP contribution in [0.4, 0.5) is 5.69 Å². The summed E-state index contributed by atoms with van der Waals surface area (Å²) >= 11 is 3.43. The van der Waals surface area contributed by atoms with Crippen LogP contribution in [0.2, 0.25) is 0 Å². The summed E-state index contributed by atoms with van der Waals surface area (Å²) in [4.78, 5) is 11.4. The van der Waals surface area contributed by atoms with E-state index in [1.807, 2.05) is 24.3 Å². The number of benzene rings is 2. The summed E-state index contributed by atoms with van der Waals surface area (Å²) in [6, 6.07) is 16.1. The molecule has 0 aliphatic heterocycles. The largest absolute Gasteiger partial charge is 0.465 e. The molecule has 0 radical (unpaired) electrons. The van der Waals surface area contributed by atoms with Gasteiger partial charge in [-0.2, -0.15) is 5.26 Å². The third-order valence-electron chi connectivity index (χ3n) is 2.97. The van der Waals surface area contributed by atoms with Gasteiger partial charge in [-0.25, -0.2) is 4.79 Å². The Hall–Kier alpha value is -2.32. The number of esters is 1. The van der Waals surface area contributed by atoms with Gasteiger partial charge in [0, 0.05) is 10.2 Å². The SMILES string of the molecule is COC(=O)c1ccc(C(C#N)Nc2ccccc2Br)cc1. The molecular formula is C16H13BrN2O2. The molecule has 106 valence electrons. The van der Waals surface area contributed by atoms with Gasteiger partial charge in [0.25, 0.3) is 0 Å². The summed E-state index contributed by atoms with van der Waals surface area (Å²) in [7, 11) is 1.34. The lowest BCUT2D eigenvalue weighted by molar-refractivity contribution is 0.0600. The maximum Gasteiger partial charge on any atom is 0.337 e. The second-order valence-corrected chi connectivity index (χ2v) is 5.15. The zero-order valence-electron chi connectivity index (χ0n) is 11.3. The zero-order valence-corrected chi connectivity index (χ0v) is 12.9. The van der Waals surface area contributed by atoms with E-state index in [-0.39, 0.29) is 0 Å². The van der Waals surface area contributed by atoms with Crippen LogP contribution in [-0.2, 0) is 4.74 Å². The number of nitriles is 1. The second kappa shape index (κ2) is 6.91. The van der Waals surface area contributed by atoms with Crippen molar-refractivity contribution in [2.75, 3.05) is 12.4 Å². The van der Waals surface area contributed by atoms with E-state index >= 15 is 0 Å². The average molecular weight is 345 g/mol. The summed E-state index contributed by atoms with van der Waals surface area (Å²) in [6.07, 6.45) is 0. The minimum absolute atomic E-state index is 0.395. The molecule has 0 heterocycles. The maximum absolute atomic E-state index is 11.4. The molecule has 4 nitrogen and oxygen atoms in total. The van der Waals surface area contributed by atoms with Crippen LogP contribution in [0.25, 0.3) is 0 Å². The molecule has 2 aromatic rings. The molecular weight excluding hydrogens is 332 g/mol. The highest BCUT2D eigenvalue weighted by Crippen LogP contribution is 2.26. The molecule has 0 spiro atoms. The normalized spacial score (nSPS) is 11.3. The maximum atomic E-state index is 11.4. The molecule has 0 amide bonds. The fourth-order valence-electron chi connectivity index (χ4n) is 1.85. The van der Waals surface area contributed by atoms with Crippen molar-refractivity contribution in [3.05, 3.63) is 64.1 Å². The molecule has 0 aromatic heterocycles. The number of hydrogen-bond donors (Lipinski definition) is 1. The van der Waals surface area contributed by atoms with Gasteiger partial charge in [-0.3, -0.25) is 0 Å². The van der Waals surface area contributed by atoms with Crippen molar-refractivity contribution in [1.82, 2.24) is 0 Å². The number of hydrogen-bond acceptors (Lipinski definition) is 4. The fourth-order valence-corrected chi connectivity index (χ4v) is 2.25. The first-order chi connectivity index (χ1) is 10.2. The Kier molecular flexibility index (Phi) is 4.96. The van der Waals surface area contributed by atoms with Gasteiger partial charge in [0.2, 0.25) is 0 Å². The second-order valence-electron chi connectivity index (χ2n) is 4.30. The third-order valence-corrected chi connectivity index (χ3v) is 3.66. The molecule has 0 fully saturated rings. The lowest BCUT2D eigenvalue weighted by Crippen LogP contribution is -2.09. The van der Waals surface area contributed by atoms with Gasteiger partial charge >= 0.3 is 5.97 Å². The van der Waals surface area contributed by atoms with Crippen LogP contribution in [0.3, 0.4) is 0 Å². The Morgan fingerprint density at radius 3 is 2.48 bits per heavy atom. The third kappa shape index (κ3) is 3.61. The Morgan fingerprint density at radius 2 is 1.90 bits per heavy atom. The molecule has 0 saturated heterocycles. The monoisotopic (exact) mass is 344 g/mol. The van der Waals surface area contributed by atoms with E-state index in [0.29, 0.717) is 5.56 Å². The fraction of sp³-hybridized carbons (Fsp3) is 0.125. The molecule has 5 heteroatoms. The zero-order chi connectivity index (χ0) is 15.2. The molecule has 1 atom stereocenters. The highest BCUT2D eigenvalue weighted by atomic mass is 79.9. The number of ether oxygens (including phenoxy) is 1. The van der Waals surface area contributed by atoms with Gasteiger partial charge in [0.05, 0.1) is 18.7 Å². The van der Waals surface area contributed by atoms with E-state index in [0.717, 1.165) is 15.7 Å². The van der Waals surface area contributed by atoms with Crippen LogP contribution in [0, 0.1) is 11.3 Å². The van der Waals surface area contributed by atoms with Crippen molar-refractivity contribution < 1.29 is 9.53 Å². The van der Waals surface area contributed by atoms with Crippen LogP contribution in [0.15, 0.2) is 53.0 Å². The quantitative estimate of drug-likeness (QED) is 0.854. The van der Waals surface area contributed by atoms with E-state index in [9.17, 15) is 10.1 Å².